The third kappa shape index (κ3) is 9.51. The van der Waals surface area contributed by atoms with Crippen LogP contribution in [0.2, 0.25) is 0 Å². The van der Waals surface area contributed by atoms with Crippen molar-refractivity contribution in [1.82, 2.24) is 41.3 Å². The van der Waals surface area contributed by atoms with Crippen LogP contribution in [0.15, 0.2) is 59.1 Å². The van der Waals surface area contributed by atoms with Gasteiger partial charge in [-0.05, 0) is 43.0 Å². The maximum atomic E-state index is 13.7. The van der Waals surface area contributed by atoms with Gasteiger partial charge in [0.05, 0.1) is 17.6 Å². The Kier molecular flexibility index (Phi) is 11.6. The second-order valence-corrected chi connectivity index (χ2v) is 12.8. The molecule has 0 spiro atoms. The fourth-order valence-electron chi connectivity index (χ4n) is 5.62. The van der Waals surface area contributed by atoms with Crippen molar-refractivity contribution < 1.29 is 32.9 Å². The number of hydrogen-bond acceptors (Lipinski definition) is 8. The minimum atomic E-state index is -1.04. The summed E-state index contributed by atoms with van der Waals surface area (Å²) in [5.41, 5.74) is 1.79. The zero-order valence-electron chi connectivity index (χ0n) is 28.1. The summed E-state index contributed by atoms with van der Waals surface area (Å²) in [6.45, 7) is 5.29. The van der Waals surface area contributed by atoms with E-state index in [2.05, 4.69) is 36.4 Å². The van der Waals surface area contributed by atoms with Gasteiger partial charge in [0.15, 0.2) is 11.5 Å². The molecular formula is C35H41FN8O6. The monoisotopic (exact) mass is 688 g/mol. The van der Waals surface area contributed by atoms with E-state index in [-0.39, 0.29) is 68.6 Å². The van der Waals surface area contributed by atoms with Crippen molar-refractivity contribution in [3.8, 4) is 0 Å². The first-order valence-electron chi connectivity index (χ1n) is 16.6. The van der Waals surface area contributed by atoms with E-state index in [1.807, 2.05) is 44.2 Å². The van der Waals surface area contributed by atoms with E-state index in [0.717, 1.165) is 5.56 Å². The Bertz CT molecular complexity index is 1840. The molecule has 14 nitrogen and oxygen atoms in total. The van der Waals surface area contributed by atoms with Gasteiger partial charge < -0.3 is 35.7 Å². The normalized spacial score (nSPS) is 19.7. The lowest BCUT2D eigenvalue weighted by molar-refractivity contribution is -0.133. The van der Waals surface area contributed by atoms with E-state index in [4.69, 9.17) is 4.52 Å². The number of amides is 5. The van der Waals surface area contributed by atoms with Crippen molar-refractivity contribution in [3.63, 3.8) is 0 Å². The standard InChI is InChI=1S/C35H41FN8O6/c1-20(2)15-27-34(48)42-28(16-22-7-5-4-6-8-22)33(47)37-13-14-44(19-24-18-29(43-50-24)35(49)38-21(3)32(46)41-27)31(45)12-11-30-39-25-10-9-23(36)17-26(25)40-30/h4-10,17-18,20-21,27-28H,11-16,19H2,1-3H3,(H,37,47)(H,38,49)(H,39,40)(H,41,46)(H,42,48)/t21-,27-,28-/m1/s1. The predicted molar refractivity (Wildman–Crippen MR) is 180 cm³/mol. The van der Waals surface area contributed by atoms with Gasteiger partial charge in [0.25, 0.3) is 5.91 Å². The zero-order valence-corrected chi connectivity index (χ0v) is 28.1. The highest BCUT2D eigenvalue weighted by molar-refractivity contribution is 5.97. The molecular weight excluding hydrogens is 647 g/mol. The minimum Gasteiger partial charge on any atom is -0.359 e. The summed E-state index contributed by atoms with van der Waals surface area (Å²) in [4.78, 5) is 75.8. The summed E-state index contributed by atoms with van der Waals surface area (Å²) >= 11 is 0. The molecule has 0 radical (unpaired) electrons. The first-order chi connectivity index (χ1) is 23.9. The van der Waals surface area contributed by atoms with Crippen LogP contribution in [-0.4, -0.2) is 80.8 Å². The van der Waals surface area contributed by atoms with Crippen LogP contribution in [0.5, 0.6) is 0 Å². The largest absolute Gasteiger partial charge is 0.359 e. The number of aryl methyl sites for hydroxylation is 1. The minimum absolute atomic E-state index is 0.0158. The van der Waals surface area contributed by atoms with Gasteiger partial charge >= 0.3 is 0 Å². The molecule has 5 N–H and O–H groups in total. The van der Waals surface area contributed by atoms with Crippen molar-refractivity contribution >= 4 is 40.6 Å². The molecule has 0 fully saturated rings. The fourth-order valence-corrected chi connectivity index (χ4v) is 5.62. The molecule has 2 aromatic carbocycles. The van der Waals surface area contributed by atoms with Crippen molar-refractivity contribution in [2.24, 2.45) is 5.92 Å². The molecule has 15 heteroatoms. The second-order valence-electron chi connectivity index (χ2n) is 12.8. The lowest BCUT2D eigenvalue weighted by Gasteiger charge is -2.26. The van der Waals surface area contributed by atoms with E-state index in [0.29, 0.717) is 16.9 Å². The molecule has 2 aromatic heterocycles. The van der Waals surface area contributed by atoms with E-state index in [1.165, 1.54) is 30.0 Å². The zero-order chi connectivity index (χ0) is 35.8. The van der Waals surface area contributed by atoms with Crippen LogP contribution in [0.3, 0.4) is 0 Å². The van der Waals surface area contributed by atoms with Crippen LogP contribution in [-0.2, 0) is 38.6 Å². The van der Waals surface area contributed by atoms with Gasteiger partial charge in [-0.15, -0.1) is 0 Å². The van der Waals surface area contributed by atoms with Crippen LogP contribution < -0.4 is 21.3 Å². The van der Waals surface area contributed by atoms with Crippen LogP contribution in [0.25, 0.3) is 11.0 Å². The molecule has 0 aliphatic carbocycles. The first kappa shape index (κ1) is 35.7. The van der Waals surface area contributed by atoms with Gasteiger partial charge in [0.1, 0.15) is 29.8 Å². The Morgan fingerprint density at radius 3 is 2.50 bits per heavy atom. The number of fused-ring (bicyclic) bond motifs is 3. The number of nitrogens with zero attached hydrogens (tertiary/aromatic N) is 3. The van der Waals surface area contributed by atoms with Gasteiger partial charge in [-0.25, -0.2) is 9.37 Å². The third-order valence-electron chi connectivity index (χ3n) is 8.24. The Morgan fingerprint density at radius 1 is 0.980 bits per heavy atom. The number of hydrogen-bond donors (Lipinski definition) is 5. The number of aromatic nitrogens is 3. The Morgan fingerprint density at radius 2 is 1.74 bits per heavy atom. The van der Waals surface area contributed by atoms with Gasteiger partial charge in [-0.1, -0.05) is 49.3 Å². The van der Waals surface area contributed by atoms with Gasteiger partial charge in [-0.2, -0.15) is 0 Å². The highest BCUT2D eigenvalue weighted by atomic mass is 19.1. The molecule has 4 aromatic rings. The van der Waals surface area contributed by atoms with Crippen LogP contribution in [0.1, 0.15) is 61.2 Å². The number of carbonyl (C=O) groups is 5. The lowest BCUT2D eigenvalue weighted by Crippen LogP contribution is -2.57. The molecule has 1 aliphatic heterocycles. The maximum absolute atomic E-state index is 13.7. The molecule has 0 saturated heterocycles. The summed E-state index contributed by atoms with van der Waals surface area (Å²) in [6, 6.07) is 11.7. The van der Waals surface area contributed by atoms with E-state index < -0.39 is 47.6 Å². The van der Waals surface area contributed by atoms with Crippen LogP contribution >= 0.6 is 0 Å². The van der Waals surface area contributed by atoms with E-state index >= 15 is 0 Å². The first-order valence-corrected chi connectivity index (χ1v) is 16.6. The van der Waals surface area contributed by atoms with Crippen LogP contribution in [0.4, 0.5) is 4.39 Å². The predicted octanol–water partition coefficient (Wildman–Crippen LogP) is 2.16. The van der Waals surface area contributed by atoms with Gasteiger partial charge in [-0.3, -0.25) is 24.0 Å². The number of aromatic amines is 1. The number of carbonyl (C=O) groups excluding carboxylic acids is 5. The molecule has 3 heterocycles. The molecule has 2 bridgehead atoms. The van der Waals surface area contributed by atoms with Gasteiger partial charge in [0, 0.05) is 38.4 Å². The molecule has 0 saturated carbocycles. The van der Waals surface area contributed by atoms with E-state index in [1.54, 1.807) is 6.07 Å². The quantitative estimate of drug-likeness (QED) is 0.195. The molecule has 1 aliphatic rings. The van der Waals surface area contributed by atoms with Crippen molar-refractivity contribution in [1.29, 1.82) is 0 Å². The maximum Gasteiger partial charge on any atom is 0.274 e. The number of benzene rings is 2. The third-order valence-corrected chi connectivity index (χ3v) is 8.24. The highest BCUT2D eigenvalue weighted by Gasteiger charge is 2.30. The smallest absolute Gasteiger partial charge is 0.274 e. The molecule has 264 valence electrons. The topological polar surface area (TPSA) is 191 Å². The Labute approximate surface area is 287 Å². The summed E-state index contributed by atoms with van der Waals surface area (Å²) in [5, 5.41) is 14.8. The molecule has 5 amide bonds. The number of rotatable bonds is 7. The SMILES string of the molecule is CC(C)C[C@H]1NC(=O)[C@@H](C)NC(=O)c2cc(on2)CN(C(=O)CCc2nc3ccc(F)cc3[nH]2)CCNC(=O)[C@@H](Cc2ccccc2)NC1=O. The molecule has 5 rings (SSSR count). The second kappa shape index (κ2) is 16.2. The van der Waals surface area contributed by atoms with Crippen molar-refractivity contribution in [3.05, 3.63) is 83.3 Å². The van der Waals surface area contributed by atoms with Crippen molar-refractivity contribution in [2.75, 3.05) is 13.1 Å². The number of nitrogens with one attached hydrogen (secondary N) is 5. The fraction of sp³-hybridized carbons (Fsp3) is 0.400. The lowest BCUT2D eigenvalue weighted by atomic mass is 10.0. The highest BCUT2D eigenvalue weighted by Crippen LogP contribution is 2.16. The average molecular weight is 689 g/mol. The molecule has 50 heavy (non-hydrogen) atoms. The Balaban J connectivity index is 1.38. The molecule has 0 unspecified atom stereocenters. The van der Waals surface area contributed by atoms with E-state index in [9.17, 15) is 28.4 Å². The van der Waals surface area contributed by atoms with Crippen LogP contribution in [0, 0.1) is 11.7 Å². The number of imidazole rings is 1. The molecule has 3 atom stereocenters. The summed E-state index contributed by atoms with van der Waals surface area (Å²) in [7, 11) is 0. The number of halogens is 1. The number of H-pyrrole nitrogens is 1. The summed E-state index contributed by atoms with van der Waals surface area (Å²) in [6.07, 6.45) is 0.712. The Hall–Kier alpha value is -5.60. The average Bonchev–Trinajstić information content (AvgIpc) is 3.72. The van der Waals surface area contributed by atoms with Gasteiger partial charge in [0.2, 0.25) is 23.6 Å². The van der Waals surface area contributed by atoms with Crippen molar-refractivity contribution in [2.45, 2.75) is 71.1 Å². The summed E-state index contributed by atoms with van der Waals surface area (Å²) in [5.74, 6) is -2.29. The summed E-state index contributed by atoms with van der Waals surface area (Å²) < 4.78 is 19.1.